The number of hydrogen-bond acceptors (Lipinski definition) is 4. The van der Waals surface area contributed by atoms with E-state index in [9.17, 15) is 4.79 Å². The Bertz CT molecular complexity index is 357. The third kappa shape index (κ3) is 5.25. The first-order valence-electron chi connectivity index (χ1n) is 6.05. The zero-order chi connectivity index (χ0) is 13.4. The molecular formula is C13H21N3O2. The van der Waals surface area contributed by atoms with E-state index in [0.717, 1.165) is 5.56 Å². The maximum absolute atomic E-state index is 11.6. The van der Waals surface area contributed by atoms with E-state index in [4.69, 9.17) is 4.74 Å². The number of nitrogens with one attached hydrogen (secondary N) is 2. The van der Waals surface area contributed by atoms with Gasteiger partial charge in [0.05, 0.1) is 13.2 Å². The molecule has 1 heterocycles. The summed E-state index contributed by atoms with van der Waals surface area (Å²) in [5.41, 5.74) is 1.07. The van der Waals surface area contributed by atoms with Gasteiger partial charge in [-0.25, -0.2) is 0 Å². The molecule has 0 saturated carbocycles. The molecule has 1 rings (SSSR count). The highest BCUT2D eigenvalue weighted by Crippen LogP contribution is 2.08. The molecule has 2 atom stereocenters. The molecule has 1 aromatic rings. The van der Waals surface area contributed by atoms with Crippen LogP contribution in [0.15, 0.2) is 24.5 Å². The largest absolute Gasteiger partial charge is 0.383 e. The predicted octanol–water partition coefficient (Wildman–Crippen LogP) is 0.883. The van der Waals surface area contributed by atoms with Gasteiger partial charge in [0.2, 0.25) is 5.91 Å². The summed E-state index contributed by atoms with van der Waals surface area (Å²) in [6.07, 6.45) is 3.53. The highest BCUT2D eigenvalue weighted by atomic mass is 16.5. The quantitative estimate of drug-likeness (QED) is 0.755. The van der Waals surface area contributed by atoms with Crippen LogP contribution >= 0.6 is 0 Å². The van der Waals surface area contributed by atoms with Crippen molar-refractivity contribution in [1.29, 1.82) is 0 Å². The van der Waals surface area contributed by atoms with Crippen molar-refractivity contribution >= 4 is 5.91 Å². The molecular weight excluding hydrogens is 230 g/mol. The number of methoxy groups -OCH3 is 1. The SMILES string of the molecule is COCC(C)NC(=O)CN[C@H](C)c1cccnc1. The zero-order valence-corrected chi connectivity index (χ0v) is 11.1. The molecule has 1 amide bonds. The fraction of sp³-hybridized carbons (Fsp3) is 0.538. The van der Waals surface area contributed by atoms with Crippen LogP contribution in [0.1, 0.15) is 25.5 Å². The smallest absolute Gasteiger partial charge is 0.234 e. The highest BCUT2D eigenvalue weighted by molar-refractivity contribution is 5.78. The van der Waals surface area contributed by atoms with E-state index in [2.05, 4.69) is 15.6 Å². The third-order valence-corrected chi connectivity index (χ3v) is 2.58. The van der Waals surface area contributed by atoms with Crippen molar-refractivity contribution in [3.05, 3.63) is 30.1 Å². The molecule has 5 heteroatoms. The zero-order valence-electron chi connectivity index (χ0n) is 11.1. The number of nitrogens with zero attached hydrogens (tertiary/aromatic N) is 1. The Kier molecular flexibility index (Phi) is 6.32. The van der Waals surface area contributed by atoms with E-state index in [1.807, 2.05) is 26.0 Å². The molecule has 0 fully saturated rings. The number of amides is 1. The molecule has 0 aliphatic carbocycles. The number of pyridine rings is 1. The summed E-state index contributed by atoms with van der Waals surface area (Å²) in [5.74, 6) is -0.0321. The van der Waals surface area contributed by atoms with Gasteiger partial charge in [-0.3, -0.25) is 9.78 Å². The lowest BCUT2D eigenvalue weighted by Gasteiger charge is -2.16. The first-order chi connectivity index (χ1) is 8.63. The van der Waals surface area contributed by atoms with Gasteiger partial charge in [-0.05, 0) is 25.5 Å². The van der Waals surface area contributed by atoms with Gasteiger partial charge in [-0.2, -0.15) is 0 Å². The summed E-state index contributed by atoms with van der Waals surface area (Å²) in [6.45, 7) is 4.71. The molecule has 100 valence electrons. The second-order valence-corrected chi connectivity index (χ2v) is 4.31. The Morgan fingerprint density at radius 3 is 2.89 bits per heavy atom. The predicted molar refractivity (Wildman–Crippen MR) is 70.1 cm³/mol. The summed E-state index contributed by atoms with van der Waals surface area (Å²) in [7, 11) is 1.62. The van der Waals surface area contributed by atoms with Crippen molar-refractivity contribution in [2.24, 2.45) is 0 Å². The molecule has 5 nitrogen and oxygen atoms in total. The molecule has 0 bridgehead atoms. The first kappa shape index (κ1) is 14.6. The summed E-state index contributed by atoms with van der Waals surface area (Å²) in [4.78, 5) is 15.7. The van der Waals surface area contributed by atoms with Crippen LogP contribution in [-0.2, 0) is 9.53 Å². The van der Waals surface area contributed by atoms with Gasteiger partial charge in [0, 0.05) is 31.6 Å². The van der Waals surface area contributed by atoms with E-state index in [1.165, 1.54) is 0 Å². The van der Waals surface area contributed by atoms with Crippen molar-refractivity contribution in [1.82, 2.24) is 15.6 Å². The van der Waals surface area contributed by atoms with E-state index in [0.29, 0.717) is 6.61 Å². The van der Waals surface area contributed by atoms with Crippen molar-refractivity contribution in [3.8, 4) is 0 Å². The molecule has 0 aromatic carbocycles. The van der Waals surface area contributed by atoms with Gasteiger partial charge in [0.25, 0.3) is 0 Å². The maximum Gasteiger partial charge on any atom is 0.234 e. The minimum Gasteiger partial charge on any atom is -0.383 e. The van der Waals surface area contributed by atoms with E-state index >= 15 is 0 Å². The minimum atomic E-state index is -0.0321. The van der Waals surface area contributed by atoms with Crippen molar-refractivity contribution < 1.29 is 9.53 Å². The van der Waals surface area contributed by atoms with Crippen LogP contribution in [0.25, 0.3) is 0 Å². The molecule has 0 saturated heterocycles. The average Bonchev–Trinajstić information content (AvgIpc) is 2.37. The van der Waals surface area contributed by atoms with Crippen LogP contribution in [-0.4, -0.2) is 37.2 Å². The molecule has 0 aliphatic heterocycles. The number of rotatable bonds is 7. The Morgan fingerprint density at radius 2 is 2.28 bits per heavy atom. The van der Waals surface area contributed by atoms with Gasteiger partial charge < -0.3 is 15.4 Å². The number of carbonyl (C=O) groups is 1. The minimum absolute atomic E-state index is 0.0259. The normalized spacial score (nSPS) is 13.9. The second-order valence-electron chi connectivity index (χ2n) is 4.31. The van der Waals surface area contributed by atoms with Crippen LogP contribution in [0, 0.1) is 0 Å². The van der Waals surface area contributed by atoms with E-state index in [1.54, 1.807) is 19.5 Å². The standard InChI is InChI=1S/C13H21N3O2/c1-10(9-18-3)16-13(17)8-15-11(2)12-5-4-6-14-7-12/h4-7,10-11,15H,8-9H2,1-3H3,(H,16,17)/t10?,11-/m1/s1. The summed E-state index contributed by atoms with van der Waals surface area (Å²) < 4.78 is 4.96. The summed E-state index contributed by atoms with van der Waals surface area (Å²) in [5, 5.41) is 6.00. The highest BCUT2D eigenvalue weighted by Gasteiger charge is 2.09. The summed E-state index contributed by atoms with van der Waals surface area (Å²) >= 11 is 0. The van der Waals surface area contributed by atoms with Crippen molar-refractivity contribution in [2.45, 2.75) is 25.9 Å². The lowest BCUT2D eigenvalue weighted by molar-refractivity contribution is -0.121. The van der Waals surface area contributed by atoms with E-state index in [-0.39, 0.29) is 24.5 Å². The number of ether oxygens (including phenoxy) is 1. The Morgan fingerprint density at radius 1 is 1.50 bits per heavy atom. The maximum atomic E-state index is 11.6. The average molecular weight is 251 g/mol. The van der Waals surface area contributed by atoms with Crippen LogP contribution in [0.5, 0.6) is 0 Å². The molecule has 18 heavy (non-hydrogen) atoms. The fourth-order valence-corrected chi connectivity index (χ4v) is 1.61. The van der Waals surface area contributed by atoms with Gasteiger partial charge in [0.1, 0.15) is 0 Å². The van der Waals surface area contributed by atoms with Gasteiger partial charge in [-0.1, -0.05) is 6.07 Å². The molecule has 2 N–H and O–H groups in total. The lowest BCUT2D eigenvalue weighted by atomic mass is 10.1. The second kappa shape index (κ2) is 7.79. The van der Waals surface area contributed by atoms with Crippen LogP contribution in [0.2, 0.25) is 0 Å². The van der Waals surface area contributed by atoms with Gasteiger partial charge in [-0.15, -0.1) is 0 Å². The van der Waals surface area contributed by atoms with Crippen molar-refractivity contribution in [3.63, 3.8) is 0 Å². The number of hydrogen-bond donors (Lipinski definition) is 2. The first-order valence-corrected chi connectivity index (χ1v) is 6.05. The molecule has 1 unspecified atom stereocenters. The topological polar surface area (TPSA) is 63.2 Å². The Balaban J connectivity index is 2.30. The fourth-order valence-electron chi connectivity index (χ4n) is 1.61. The van der Waals surface area contributed by atoms with E-state index < -0.39 is 0 Å². The molecule has 0 spiro atoms. The van der Waals surface area contributed by atoms with Gasteiger partial charge in [0.15, 0.2) is 0 Å². The number of carbonyl (C=O) groups excluding carboxylic acids is 1. The lowest BCUT2D eigenvalue weighted by Crippen LogP contribution is -2.41. The monoisotopic (exact) mass is 251 g/mol. The molecule has 0 radical (unpaired) electrons. The number of aromatic nitrogens is 1. The van der Waals surface area contributed by atoms with Crippen LogP contribution in [0.4, 0.5) is 0 Å². The molecule has 0 aliphatic rings. The molecule has 1 aromatic heterocycles. The van der Waals surface area contributed by atoms with Crippen molar-refractivity contribution in [2.75, 3.05) is 20.3 Å². The Hall–Kier alpha value is -1.46. The van der Waals surface area contributed by atoms with Crippen LogP contribution in [0.3, 0.4) is 0 Å². The Labute approximate surface area is 108 Å². The third-order valence-electron chi connectivity index (χ3n) is 2.58. The van der Waals surface area contributed by atoms with Crippen LogP contribution < -0.4 is 10.6 Å². The summed E-state index contributed by atoms with van der Waals surface area (Å²) in [6, 6.07) is 3.99. The van der Waals surface area contributed by atoms with Gasteiger partial charge >= 0.3 is 0 Å².